The van der Waals surface area contributed by atoms with Gasteiger partial charge in [-0.1, -0.05) is 0 Å². The van der Waals surface area contributed by atoms with Crippen molar-refractivity contribution in [3.63, 3.8) is 0 Å². The SMILES string of the molecule is COc1ccc(-c2nc3nc(N)n(C)c(=O)c3[nH]2)cc1. The molecule has 1 aromatic carbocycles. The summed E-state index contributed by atoms with van der Waals surface area (Å²) in [5.41, 5.74) is 6.90. The molecule has 2 aromatic heterocycles. The average Bonchev–Trinajstić information content (AvgIpc) is 2.89. The van der Waals surface area contributed by atoms with Crippen molar-refractivity contribution in [2.45, 2.75) is 0 Å². The highest BCUT2D eigenvalue weighted by molar-refractivity contribution is 5.76. The monoisotopic (exact) mass is 271 g/mol. The third-order valence-electron chi connectivity index (χ3n) is 3.13. The van der Waals surface area contributed by atoms with Gasteiger partial charge >= 0.3 is 0 Å². The first-order chi connectivity index (χ1) is 9.60. The topological polar surface area (TPSA) is 98.8 Å². The number of nitrogens with zero attached hydrogens (tertiary/aromatic N) is 3. The lowest BCUT2D eigenvalue weighted by Gasteiger charge is -2.00. The van der Waals surface area contributed by atoms with Crippen molar-refractivity contribution in [3.05, 3.63) is 34.6 Å². The molecule has 0 saturated carbocycles. The highest BCUT2D eigenvalue weighted by Crippen LogP contribution is 2.21. The Morgan fingerprint density at radius 3 is 2.60 bits per heavy atom. The molecule has 0 bridgehead atoms. The molecule has 0 aliphatic heterocycles. The first kappa shape index (κ1) is 12.2. The van der Waals surface area contributed by atoms with Gasteiger partial charge in [0.25, 0.3) is 5.56 Å². The number of nitrogen functional groups attached to an aromatic ring is 1. The number of aromatic amines is 1. The minimum absolute atomic E-state index is 0.135. The van der Waals surface area contributed by atoms with Crippen LogP contribution in [0, 0.1) is 0 Å². The van der Waals surface area contributed by atoms with Crippen molar-refractivity contribution in [2.75, 3.05) is 12.8 Å². The molecule has 102 valence electrons. The number of H-pyrrole nitrogens is 1. The Morgan fingerprint density at radius 2 is 1.95 bits per heavy atom. The minimum atomic E-state index is -0.250. The van der Waals surface area contributed by atoms with E-state index < -0.39 is 0 Å². The van der Waals surface area contributed by atoms with E-state index in [2.05, 4.69) is 15.0 Å². The van der Waals surface area contributed by atoms with Crippen LogP contribution in [0.2, 0.25) is 0 Å². The predicted molar refractivity (Wildman–Crippen MR) is 75.5 cm³/mol. The predicted octanol–water partition coefficient (Wildman–Crippen LogP) is 0.914. The largest absolute Gasteiger partial charge is 0.497 e. The zero-order valence-corrected chi connectivity index (χ0v) is 11.0. The lowest BCUT2D eigenvalue weighted by molar-refractivity contribution is 0.415. The summed E-state index contributed by atoms with van der Waals surface area (Å²) in [6.45, 7) is 0. The summed E-state index contributed by atoms with van der Waals surface area (Å²) in [5, 5.41) is 0. The van der Waals surface area contributed by atoms with E-state index in [0.29, 0.717) is 17.0 Å². The van der Waals surface area contributed by atoms with E-state index in [1.807, 2.05) is 24.3 Å². The van der Waals surface area contributed by atoms with Gasteiger partial charge in [-0.05, 0) is 24.3 Å². The van der Waals surface area contributed by atoms with Crippen LogP contribution in [0.4, 0.5) is 5.95 Å². The smallest absolute Gasteiger partial charge is 0.280 e. The van der Waals surface area contributed by atoms with Crippen LogP contribution in [0.5, 0.6) is 5.75 Å². The van der Waals surface area contributed by atoms with Gasteiger partial charge in [-0.15, -0.1) is 0 Å². The fourth-order valence-electron chi connectivity index (χ4n) is 1.93. The van der Waals surface area contributed by atoms with Crippen molar-refractivity contribution in [1.82, 2.24) is 19.5 Å². The van der Waals surface area contributed by atoms with Gasteiger partial charge in [0.15, 0.2) is 11.2 Å². The van der Waals surface area contributed by atoms with Crippen molar-refractivity contribution in [1.29, 1.82) is 0 Å². The molecule has 0 unspecified atom stereocenters. The van der Waals surface area contributed by atoms with Gasteiger partial charge in [-0.3, -0.25) is 9.36 Å². The summed E-state index contributed by atoms with van der Waals surface area (Å²) < 4.78 is 6.38. The number of fused-ring (bicyclic) bond motifs is 1. The molecule has 2 heterocycles. The van der Waals surface area contributed by atoms with Crippen LogP contribution in [0.25, 0.3) is 22.6 Å². The summed E-state index contributed by atoms with van der Waals surface area (Å²) in [6.07, 6.45) is 0. The normalized spacial score (nSPS) is 10.9. The molecule has 0 amide bonds. The third kappa shape index (κ3) is 1.80. The molecule has 0 aliphatic carbocycles. The number of ether oxygens (including phenoxy) is 1. The van der Waals surface area contributed by atoms with Gasteiger partial charge in [0, 0.05) is 12.6 Å². The van der Waals surface area contributed by atoms with Gasteiger partial charge in [0.05, 0.1) is 7.11 Å². The van der Waals surface area contributed by atoms with E-state index in [1.54, 1.807) is 14.2 Å². The van der Waals surface area contributed by atoms with Crippen LogP contribution in [0.3, 0.4) is 0 Å². The Kier molecular flexibility index (Phi) is 2.67. The number of imidazole rings is 1. The van der Waals surface area contributed by atoms with Crippen LogP contribution in [-0.4, -0.2) is 26.6 Å². The van der Waals surface area contributed by atoms with Crippen molar-refractivity contribution in [3.8, 4) is 17.1 Å². The second-order valence-electron chi connectivity index (χ2n) is 4.35. The third-order valence-corrected chi connectivity index (χ3v) is 3.13. The molecule has 7 nitrogen and oxygen atoms in total. The highest BCUT2D eigenvalue weighted by Gasteiger charge is 2.12. The number of rotatable bonds is 2. The summed E-state index contributed by atoms with van der Waals surface area (Å²) in [5.74, 6) is 1.45. The maximum absolute atomic E-state index is 12.0. The number of nitrogens with two attached hydrogens (primary N) is 1. The lowest BCUT2D eigenvalue weighted by Crippen LogP contribution is -2.21. The number of nitrogens with one attached hydrogen (secondary N) is 1. The fraction of sp³-hybridized carbons (Fsp3) is 0.154. The number of hydrogen-bond donors (Lipinski definition) is 2. The zero-order valence-electron chi connectivity index (χ0n) is 11.0. The van der Waals surface area contributed by atoms with Gasteiger partial charge in [-0.25, -0.2) is 4.98 Å². The molecule has 0 atom stereocenters. The Balaban J connectivity index is 2.17. The second-order valence-corrected chi connectivity index (χ2v) is 4.35. The standard InChI is InChI=1S/C13H13N5O2/c1-18-12(19)9-11(17-13(18)14)16-10(15-9)7-3-5-8(20-2)6-4-7/h3-6H,1-2H3,(H2,14,17)(H,15,16). The highest BCUT2D eigenvalue weighted by atomic mass is 16.5. The van der Waals surface area contributed by atoms with Crippen LogP contribution in [0.15, 0.2) is 29.1 Å². The van der Waals surface area contributed by atoms with Crippen LogP contribution in [0.1, 0.15) is 0 Å². The molecule has 0 spiro atoms. The van der Waals surface area contributed by atoms with Crippen LogP contribution >= 0.6 is 0 Å². The zero-order chi connectivity index (χ0) is 14.3. The molecular formula is C13H13N5O2. The first-order valence-corrected chi connectivity index (χ1v) is 5.97. The molecule has 3 N–H and O–H groups in total. The van der Waals surface area contributed by atoms with E-state index in [9.17, 15) is 4.79 Å². The van der Waals surface area contributed by atoms with Crippen molar-refractivity contribution < 1.29 is 4.74 Å². The molecular weight excluding hydrogens is 258 g/mol. The molecule has 20 heavy (non-hydrogen) atoms. The summed E-state index contributed by atoms with van der Waals surface area (Å²) in [4.78, 5) is 23.4. The Morgan fingerprint density at radius 1 is 1.25 bits per heavy atom. The van der Waals surface area contributed by atoms with E-state index in [-0.39, 0.29) is 11.5 Å². The molecule has 3 rings (SSSR count). The minimum Gasteiger partial charge on any atom is -0.497 e. The number of methoxy groups -OCH3 is 1. The summed E-state index contributed by atoms with van der Waals surface area (Å²) in [7, 11) is 3.17. The Bertz CT molecular complexity index is 832. The molecule has 0 fully saturated rings. The van der Waals surface area contributed by atoms with E-state index in [1.165, 1.54) is 4.57 Å². The fourth-order valence-corrected chi connectivity index (χ4v) is 1.93. The number of anilines is 1. The van der Waals surface area contributed by atoms with Gasteiger partial charge in [-0.2, -0.15) is 4.98 Å². The molecule has 3 aromatic rings. The van der Waals surface area contributed by atoms with Gasteiger partial charge in [0.2, 0.25) is 5.95 Å². The lowest BCUT2D eigenvalue weighted by atomic mass is 10.2. The molecule has 0 aliphatic rings. The molecule has 7 heteroatoms. The van der Waals surface area contributed by atoms with Gasteiger partial charge in [0.1, 0.15) is 11.6 Å². The number of benzene rings is 1. The Hall–Kier alpha value is -2.83. The molecule has 0 saturated heterocycles. The number of aromatic nitrogens is 4. The average molecular weight is 271 g/mol. The van der Waals surface area contributed by atoms with E-state index in [0.717, 1.165) is 11.3 Å². The van der Waals surface area contributed by atoms with Crippen LogP contribution in [-0.2, 0) is 7.05 Å². The summed E-state index contributed by atoms with van der Waals surface area (Å²) >= 11 is 0. The Labute approximate surface area is 114 Å². The first-order valence-electron chi connectivity index (χ1n) is 5.97. The molecule has 0 radical (unpaired) electrons. The second kappa shape index (κ2) is 4.37. The number of hydrogen-bond acceptors (Lipinski definition) is 5. The van der Waals surface area contributed by atoms with Gasteiger partial charge < -0.3 is 15.5 Å². The van der Waals surface area contributed by atoms with Crippen molar-refractivity contribution >= 4 is 17.1 Å². The van der Waals surface area contributed by atoms with Crippen LogP contribution < -0.4 is 16.0 Å². The maximum atomic E-state index is 12.0. The summed E-state index contributed by atoms with van der Waals surface area (Å²) in [6, 6.07) is 7.35. The van der Waals surface area contributed by atoms with Crippen molar-refractivity contribution in [2.24, 2.45) is 7.05 Å². The van der Waals surface area contributed by atoms with E-state index >= 15 is 0 Å². The maximum Gasteiger partial charge on any atom is 0.280 e. The quantitative estimate of drug-likeness (QED) is 0.722. The van der Waals surface area contributed by atoms with E-state index in [4.69, 9.17) is 10.5 Å².